The third-order valence-corrected chi connectivity index (χ3v) is 6.48. The Morgan fingerprint density at radius 3 is 3.07 bits per heavy atom. The highest BCUT2D eigenvalue weighted by Gasteiger charge is 2.46. The third-order valence-electron chi connectivity index (χ3n) is 6.48. The van der Waals surface area contributed by atoms with Crippen LogP contribution in [0, 0.1) is 0 Å². The monoisotopic (exact) mass is 396 g/mol. The fourth-order valence-corrected chi connectivity index (χ4v) is 4.70. The van der Waals surface area contributed by atoms with Gasteiger partial charge in [-0.25, -0.2) is 0 Å². The molecular weight excluding hydrogens is 368 g/mol. The standard InChI is InChI=1S/C22H28N4O3/c27-21(18-12-19(29-25-18)17-6-7-17)26-10-11-28-22(15-26)8-2-1-5-20(22)24-14-16-4-3-9-23-13-16/h3-4,9,12-13,17,20,24H,1-2,5-8,10-11,14-15H2/t20-,22-/m1/s1. The Morgan fingerprint density at radius 1 is 1.31 bits per heavy atom. The smallest absolute Gasteiger partial charge is 0.276 e. The molecule has 2 atom stereocenters. The quantitative estimate of drug-likeness (QED) is 0.837. The van der Waals surface area contributed by atoms with Crippen molar-refractivity contribution in [3.63, 3.8) is 0 Å². The van der Waals surface area contributed by atoms with Crippen LogP contribution in [0.3, 0.4) is 0 Å². The molecule has 1 spiro atoms. The number of amides is 1. The van der Waals surface area contributed by atoms with E-state index in [4.69, 9.17) is 9.26 Å². The van der Waals surface area contributed by atoms with E-state index in [9.17, 15) is 4.79 Å². The minimum absolute atomic E-state index is 0.0418. The summed E-state index contributed by atoms with van der Waals surface area (Å²) in [5.41, 5.74) is 1.25. The van der Waals surface area contributed by atoms with Gasteiger partial charge in [-0.2, -0.15) is 0 Å². The number of nitrogens with zero attached hydrogens (tertiary/aromatic N) is 3. The molecule has 3 fully saturated rings. The number of hydrogen-bond acceptors (Lipinski definition) is 6. The van der Waals surface area contributed by atoms with Crippen LogP contribution in [0.25, 0.3) is 0 Å². The van der Waals surface area contributed by atoms with Crippen LogP contribution in [0.2, 0.25) is 0 Å². The first kappa shape index (κ1) is 18.8. The van der Waals surface area contributed by atoms with Crippen LogP contribution in [0.4, 0.5) is 0 Å². The molecule has 7 nitrogen and oxygen atoms in total. The Hall–Kier alpha value is -2.25. The van der Waals surface area contributed by atoms with Crippen LogP contribution in [-0.4, -0.2) is 52.3 Å². The predicted molar refractivity (Wildman–Crippen MR) is 106 cm³/mol. The molecule has 5 rings (SSSR count). The SMILES string of the molecule is O=C(c1cc(C2CC2)on1)N1CCO[C@]2(CCCC[C@H]2NCc2cccnc2)C1. The number of hydrogen-bond donors (Lipinski definition) is 1. The molecule has 1 aliphatic heterocycles. The van der Waals surface area contributed by atoms with Crippen molar-refractivity contribution in [1.82, 2.24) is 20.4 Å². The molecule has 0 radical (unpaired) electrons. The highest BCUT2D eigenvalue weighted by molar-refractivity contribution is 5.92. The highest BCUT2D eigenvalue weighted by Crippen LogP contribution is 2.40. The maximum atomic E-state index is 13.1. The molecule has 1 saturated heterocycles. The Bertz CT molecular complexity index is 847. The predicted octanol–water partition coefficient (Wildman–Crippen LogP) is 2.89. The lowest BCUT2D eigenvalue weighted by molar-refractivity contribution is -0.135. The van der Waals surface area contributed by atoms with Gasteiger partial charge in [-0.15, -0.1) is 0 Å². The van der Waals surface area contributed by atoms with E-state index < -0.39 is 0 Å². The molecule has 2 aromatic rings. The largest absolute Gasteiger partial charge is 0.370 e. The van der Waals surface area contributed by atoms with Crippen molar-refractivity contribution < 1.29 is 14.1 Å². The van der Waals surface area contributed by atoms with E-state index in [1.165, 1.54) is 6.42 Å². The molecule has 29 heavy (non-hydrogen) atoms. The molecule has 0 bridgehead atoms. The summed E-state index contributed by atoms with van der Waals surface area (Å²) in [6.45, 7) is 2.51. The topological polar surface area (TPSA) is 80.5 Å². The second kappa shape index (κ2) is 7.88. The summed E-state index contributed by atoms with van der Waals surface area (Å²) in [5.74, 6) is 1.27. The van der Waals surface area contributed by atoms with Gasteiger partial charge in [0.15, 0.2) is 5.69 Å². The van der Waals surface area contributed by atoms with E-state index in [1.54, 1.807) is 6.20 Å². The second-order valence-electron chi connectivity index (χ2n) is 8.57. The molecule has 1 N–H and O–H groups in total. The van der Waals surface area contributed by atoms with Gasteiger partial charge in [0, 0.05) is 43.5 Å². The fraction of sp³-hybridized carbons (Fsp3) is 0.591. The first-order valence-electron chi connectivity index (χ1n) is 10.8. The number of carbonyl (C=O) groups excluding carboxylic acids is 1. The summed E-state index contributed by atoms with van der Waals surface area (Å²) in [6.07, 6.45) is 10.3. The number of morpholine rings is 1. The Labute approximate surface area is 170 Å². The number of nitrogens with one attached hydrogen (secondary N) is 1. The lowest BCUT2D eigenvalue weighted by Gasteiger charge is -2.49. The fourth-order valence-electron chi connectivity index (χ4n) is 4.70. The maximum Gasteiger partial charge on any atom is 0.276 e. The van der Waals surface area contributed by atoms with E-state index in [-0.39, 0.29) is 17.6 Å². The molecule has 1 amide bonds. The van der Waals surface area contributed by atoms with Crippen molar-refractivity contribution in [2.75, 3.05) is 19.7 Å². The zero-order chi connectivity index (χ0) is 19.7. The lowest BCUT2D eigenvalue weighted by atomic mass is 9.78. The van der Waals surface area contributed by atoms with Crippen molar-refractivity contribution in [2.45, 2.75) is 62.6 Å². The number of aromatic nitrogens is 2. The molecule has 0 unspecified atom stereocenters. The molecule has 154 valence electrons. The zero-order valence-corrected chi connectivity index (χ0v) is 16.7. The average Bonchev–Trinajstić information content (AvgIpc) is 3.50. The van der Waals surface area contributed by atoms with E-state index in [0.717, 1.165) is 50.0 Å². The summed E-state index contributed by atoms with van der Waals surface area (Å²) in [5, 5.41) is 7.74. The molecule has 3 heterocycles. The van der Waals surface area contributed by atoms with Crippen molar-refractivity contribution in [2.24, 2.45) is 0 Å². The highest BCUT2D eigenvalue weighted by atomic mass is 16.5. The summed E-state index contributed by atoms with van der Waals surface area (Å²) in [6, 6.07) is 6.08. The van der Waals surface area contributed by atoms with Crippen molar-refractivity contribution in [3.05, 3.63) is 47.6 Å². The minimum Gasteiger partial charge on any atom is -0.370 e. The molecule has 7 heteroatoms. The maximum absolute atomic E-state index is 13.1. The van der Waals surface area contributed by atoms with Crippen LogP contribution in [0.5, 0.6) is 0 Å². The Kier molecular flexibility index (Phi) is 5.09. The van der Waals surface area contributed by atoms with Gasteiger partial charge >= 0.3 is 0 Å². The van der Waals surface area contributed by atoms with Crippen molar-refractivity contribution >= 4 is 5.91 Å². The Balaban J connectivity index is 1.29. The van der Waals surface area contributed by atoms with Gasteiger partial charge in [0.1, 0.15) is 11.4 Å². The number of ether oxygens (including phenoxy) is 1. The Morgan fingerprint density at radius 2 is 2.24 bits per heavy atom. The van der Waals surface area contributed by atoms with Crippen LogP contribution in [0.1, 0.15) is 66.3 Å². The lowest BCUT2D eigenvalue weighted by Crippen LogP contribution is -2.64. The first-order valence-corrected chi connectivity index (χ1v) is 10.8. The summed E-state index contributed by atoms with van der Waals surface area (Å²) in [7, 11) is 0. The van der Waals surface area contributed by atoms with Gasteiger partial charge in [-0.1, -0.05) is 24.1 Å². The second-order valence-corrected chi connectivity index (χ2v) is 8.57. The summed E-state index contributed by atoms with van der Waals surface area (Å²) < 4.78 is 11.8. The van der Waals surface area contributed by atoms with Gasteiger partial charge in [-0.3, -0.25) is 9.78 Å². The van der Waals surface area contributed by atoms with Crippen LogP contribution < -0.4 is 5.32 Å². The molecule has 2 aliphatic carbocycles. The van der Waals surface area contributed by atoms with E-state index in [1.807, 2.05) is 23.2 Å². The normalized spacial score (nSPS) is 27.3. The van der Waals surface area contributed by atoms with Gasteiger partial charge < -0.3 is 19.5 Å². The molecule has 2 aromatic heterocycles. The summed E-state index contributed by atoms with van der Waals surface area (Å²) >= 11 is 0. The number of rotatable bonds is 5. The summed E-state index contributed by atoms with van der Waals surface area (Å²) in [4.78, 5) is 19.2. The van der Waals surface area contributed by atoms with Crippen LogP contribution in [-0.2, 0) is 11.3 Å². The minimum atomic E-state index is -0.336. The van der Waals surface area contributed by atoms with E-state index in [2.05, 4.69) is 21.5 Å². The van der Waals surface area contributed by atoms with Crippen molar-refractivity contribution in [1.29, 1.82) is 0 Å². The molecule has 2 saturated carbocycles. The molecular formula is C22H28N4O3. The van der Waals surface area contributed by atoms with E-state index in [0.29, 0.717) is 31.3 Å². The third kappa shape index (κ3) is 3.94. The zero-order valence-electron chi connectivity index (χ0n) is 16.7. The average molecular weight is 396 g/mol. The van der Waals surface area contributed by atoms with E-state index >= 15 is 0 Å². The van der Waals surface area contributed by atoms with Gasteiger partial charge in [0.2, 0.25) is 0 Å². The molecule has 3 aliphatic rings. The van der Waals surface area contributed by atoms with Crippen molar-refractivity contribution in [3.8, 4) is 0 Å². The van der Waals surface area contributed by atoms with Crippen LogP contribution >= 0.6 is 0 Å². The first-order chi connectivity index (χ1) is 14.2. The number of carbonyl (C=O) groups is 1. The molecule has 0 aromatic carbocycles. The van der Waals surface area contributed by atoms with Crippen LogP contribution in [0.15, 0.2) is 35.1 Å². The number of pyridine rings is 1. The van der Waals surface area contributed by atoms with Gasteiger partial charge in [0.25, 0.3) is 5.91 Å². The van der Waals surface area contributed by atoms with Gasteiger partial charge in [0.05, 0.1) is 13.2 Å². The van der Waals surface area contributed by atoms with Gasteiger partial charge in [-0.05, 0) is 37.3 Å².